The first-order chi connectivity index (χ1) is 14.2. The number of hydrogen-bond donors (Lipinski definition) is 1. The van der Waals surface area contributed by atoms with E-state index in [-0.39, 0.29) is 24.0 Å². The summed E-state index contributed by atoms with van der Waals surface area (Å²) < 4.78 is 0.458. The third-order valence-electron chi connectivity index (χ3n) is 6.61. The van der Waals surface area contributed by atoms with Crippen molar-refractivity contribution in [2.75, 3.05) is 64.0 Å². The molecule has 4 rings (SSSR count). The molecule has 3 heterocycles. The van der Waals surface area contributed by atoms with Crippen molar-refractivity contribution in [1.82, 2.24) is 20.1 Å². The van der Waals surface area contributed by atoms with Gasteiger partial charge in [-0.3, -0.25) is 4.99 Å². The Morgan fingerprint density at radius 3 is 2.57 bits per heavy atom. The maximum atomic E-state index is 4.72. The van der Waals surface area contributed by atoms with Gasteiger partial charge in [0.05, 0.1) is 0 Å². The van der Waals surface area contributed by atoms with Gasteiger partial charge in [0, 0.05) is 69.6 Å². The molecule has 0 atom stereocenters. The van der Waals surface area contributed by atoms with Crippen molar-refractivity contribution in [3.8, 4) is 0 Å². The number of guanidine groups is 1. The number of pyridine rings is 1. The molecule has 2 saturated heterocycles. The third kappa shape index (κ3) is 5.94. The van der Waals surface area contributed by atoms with Crippen molar-refractivity contribution >= 4 is 47.5 Å². The van der Waals surface area contributed by atoms with Crippen LogP contribution >= 0.6 is 35.7 Å². The van der Waals surface area contributed by atoms with Gasteiger partial charge < -0.3 is 20.0 Å². The second kappa shape index (κ2) is 11.2. The summed E-state index contributed by atoms with van der Waals surface area (Å²) in [5.74, 6) is 3.35. The fraction of sp³-hybridized carbons (Fsp3) is 0.727. The number of likely N-dealkylation sites (N-methyl/N-ethyl adjacent to an activating group) is 1. The Labute approximate surface area is 203 Å². The number of thioether (sulfide) groups is 1. The molecule has 1 aromatic rings. The first kappa shape index (κ1) is 23.9. The summed E-state index contributed by atoms with van der Waals surface area (Å²) in [6.07, 6.45) is 8.93. The smallest absolute Gasteiger partial charge is 0.193 e. The van der Waals surface area contributed by atoms with Gasteiger partial charge in [-0.05, 0) is 31.5 Å². The van der Waals surface area contributed by atoms with Gasteiger partial charge in [0.15, 0.2) is 5.96 Å². The Morgan fingerprint density at radius 1 is 1.13 bits per heavy atom. The van der Waals surface area contributed by atoms with E-state index in [4.69, 9.17) is 4.98 Å². The first-order valence-electron chi connectivity index (χ1n) is 11.2. The molecule has 1 aromatic heterocycles. The third-order valence-corrected chi connectivity index (χ3v) is 8.15. The molecule has 2 aliphatic heterocycles. The van der Waals surface area contributed by atoms with E-state index < -0.39 is 0 Å². The van der Waals surface area contributed by atoms with Gasteiger partial charge >= 0.3 is 0 Å². The summed E-state index contributed by atoms with van der Waals surface area (Å²) in [6, 6.07) is 4.37. The first-order valence-corrected chi connectivity index (χ1v) is 12.1. The summed E-state index contributed by atoms with van der Waals surface area (Å²) in [5.41, 5.74) is 1.21. The molecule has 1 N–H and O–H groups in total. The van der Waals surface area contributed by atoms with Gasteiger partial charge in [0.1, 0.15) is 5.82 Å². The SMILES string of the molecule is CN=C(NCc1ccc(N2CCN(C)CC2)nc1)N1CCSC2(CCCCC2)C1.I. The minimum absolute atomic E-state index is 0. The zero-order chi connectivity index (χ0) is 20.1. The molecule has 8 heteroatoms. The standard InChI is InChI=1S/C22H36N6S.HI/c1-23-21(28-14-15-29-22(18-28)8-4-3-5-9-22)25-17-19-6-7-20(24-16-19)27-12-10-26(2)11-13-27;/h6-7,16H,3-5,8-15,17-18H2,1-2H3,(H,23,25);1H. The molecule has 0 amide bonds. The summed E-state index contributed by atoms with van der Waals surface area (Å²) in [6.45, 7) is 7.34. The van der Waals surface area contributed by atoms with Gasteiger partial charge in [-0.2, -0.15) is 11.8 Å². The van der Waals surface area contributed by atoms with Crippen molar-refractivity contribution in [1.29, 1.82) is 0 Å². The molecule has 168 valence electrons. The van der Waals surface area contributed by atoms with Crippen LogP contribution in [0.15, 0.2) is 23.3 Å². The number of aliphatic imine (C=N–C) groups is 1. The zero-order valence-electron chi connectivity index (χ0n) is 18.5. The molecule has 30 heavy (non-hydrogen) atoms. The molecule has 3 aliphatic rings. The molecule has 0 unspecified atom stereocenters. The van der Waals surface area contributed by atoms with E-state index in [0.717, 1.165) is 57.6 Å². The number of anilines is 1. The molecular weight excluding hydrogens is 507 g/mol. The lowest BCUT2D eigenvalue weighted by Gasteiger charge is -2.45. The van der Waals surface area contributed by atoms with Crippen LogP contribution in [0.5, 0.6) is 0 Å². The molecule has 0 radical (unpaired) electrons. The van der Waals surface area contributed by atoms with E-state index in [0.29, 0.717) is 4.75 Å². The number of nitrogens with zero attached hydrogens (tertiary/aromatic N) is 5. The predicted octanol–water partition coefficient (Wildman–Crippen LogP) is 3.28. The van der Waals surface area contributed by atoms with Crippen LogP contribution in [-0.4, -0.2) is 84.6 Å². The van der Waals surface area contributed by atoms with Crippen LogP contribution in [0.3, 0.4) is 0 Å². The van der Waals surface area contributed by atoms with Crippen LogP contribution < -0.4 is 10.2 Å². The fourth-order valence-corrected chi connectivity index (χ4v) is 6.35. The quantitative estimate of drug-likeness (QED) is 0.358. The van der Waals surface area contributed by atoms with E-state index >= 15 is 0 Å². The molecule has 0 bridgehead atoms. The van der Waals surface area contributed by atoms with Crippen LogP contribution in [0.4, 0.5) is 5.82 Å². The summed E-state index contributed by atoms with van der Waals surface area (Å²) in [4.78, 5) is 16.5. The average molecular weight is 545 g/mol. The van der Waals surface area contributed by atoms with Crippen molar-refractivity contribution in [2.45, 2.75) is 43.4 Å². The van der Waals surface area contributed by atoms with E-state index in [2.05, 4.69) is 56.0 Å². The van der Waals surface area contributed by atoms with Gasteiger partial charge in [-0.1, -0.05) is 25.3 Å². The molecule has 1 spiro atoms. The topological polar surface area (TPSA) is 47.0 Å². The summed E-state index contributed by atoms with van der Waals surface area (Å²) >= 11 is 2.21. The highest BCUT2D eigenvalue weighted by Gasteiger charge is 2.38. The summed E-state index contributed by atoms with van der Waals surface area (Å²) in [7, 11) is 4.09. The van der Waals surface area contributed by atoms with Crippen molar-refractivity contribution < 1.29 is 0 Å². The highest BCUT2D eigenvalue weighted by atomic mass is 127. The maximum Gasteiger partial charge on any atom is 0.193 e. The Bertz CT molecular complexity index is 678. The van der Waals surface area contributed by atoms with Crippen LogP contribution in [-0.2, 0) is 6.54 Å². The maximum absolute atomic E-state index is 4.72. The number of halogens is 1. The van der Waals surface area contributed by atoms with Gasteiger partial charge in [0.2, 0.25) is 0 Å². The van der Waals surface area contributed by atoms with E-state index in [9.17, 15) is 0 Å². The Hall–Kier alpha value is -0.740. The Morgan fingerprint density at radius 2 is 1.90 bits per heavy atom. The van der Waals surface area contributed by atoms with Gasteiger partial charge in [0.25, 0.3) is 0 Å². The minimum atomic E-state index is 0. The van der Waals surface area contributed by atoms with Crippen molar-refractivity contribution in [2.24, 2.45) is 4.99 Å². The Kier molecular flexibility index (Phi) is 8.94. The van der Waals surface area contributed by atoms with Crippen LogP contribution in [0.2, 0.25) is 0 Å². The van der Waals surface area contributed by atoms with Gasteiger partial charge in [-0.15, -0.1) is 24.0 Å². The molecule has 0 aromatic carbocycles. The minimum Gasteiger partial charge on any atom is -0.354 e. The van der Waals surface area contributed by atoms with Gasteiger partial charge in [-0.25, -0.2) is 4.98 Å². The normalized spacial score (nSPS) is 22.7. The monoisotopic (exact) mass is 544 g/mol. The highest BCUT2D eigenvalue weighted by Crippen LogP contribution is 2.42. The molecule has 3 fully saturated rings. The van der Waals surface area contributed by atoms with Crippen LogP contribution in [0.25, 0.3) is 0 Å². The Balaban J connectivity index is 0.00000256. The lowest BCUT2D eigenvalue weighted by Crippen LogP contribution is -2.53. The van der Waals surface area contributed by atoms with E-state index in [1.807, 2.05) is 13.2 Å². The number of nitrogens with one attached hydrogen (secondary N) is 1. The summed E-state index contributed by atoms with van der Waals surface area (Å²) in [5, 5.41) is 3.59. The molecule has 6 nitrogen and oxygen atoms in total. The fourth-order valence-electron chi connectivity index (χ4n) is 4.78. The van der Waals surface area contributed by atoms with Crippen LogP contribution in [0.1, 0.15) is 37.7 Å². The highest BCUT2D eigenvalue weighted by molar-refractivity contribution is 14.0. The lowest BCUT2D eigenvalue weighted by atomic mass is 9.87. The van der Waals surface area contributed by atoms with Crippen molar-refractivity contribution in [3.05, 3.63) is 23.9 Å². The molecule has 1 saturated carbocycles. The number of hydrogen-bond acceptors (Lipinski definition) is 5. The largest absolute Gasteiger partial charge is 0.354 e. The van der Waals surface area contributed by atoms with E-state index in [1.54, 1.807) is 0 Å². The second-order valence-electron chi connectivity index (χ2n) is 8.73. The van der Waals surface area contributed by atoms with Crippen LogP contribution in [0, 0.1) is 0 Å². The average Bonchev–Trinajstić information content (AvgIpc) is 2.76. The number of rotatable bonds is 3. The van der Waals surface area contributed by atoms with E-state index in [1.165, 1.54) is 43.4 Å². The number of aromatic nitrogens is 1. The van der Waals surface area contributed by atoms with Crippen molar-refractivity contribution in [3.63, 3.8) is 0 Å². The second-order valence-corrected chi connectivity index (χ2v) is 10.3. The molecular formula is C22H37IN6S. The zero-order valence-corrected chi connectivity index (χ0v) is 21.6. The predicted molar refractivity (Wildman–Crippen MR) is 139 cm³/mol. The molecule has 1 aliphatic carbocycles. The lowest BCUT2D eigenvalue weighted by molar-refractivity contribution is 0.293. The number of piperazine rings is 1.